The van der Waals surface area contributed by atoms with Crippen LogP contribution in [0.1, 0.15) is 18.6 Å². The molecular weight excluding hydrogens is 276 g/mol. The molecule has 21 heavy (non-hydrogen) atoms. The zero-order valence-corrected chi connectivity index (χ0v) is 11.7. The number of nitrogens with zero attached hydrogens (tertiary/aromatic N) is 4. The summed E-state index contributed by atoms with van der Waals surface area (Å²) >= 11 is 0. The van der Waals surface area contributed by atoms with E-state index in [1.165, 1.54) is 4.68 Å². The number of hydrogen-bond acceptors (Lipinski definition) is 6. The molecule has 0 spiro atoms. The number of rotatable bonds is 4. The Morgan fingerprint density at radius 3 is 2.81 bits per heavy atom. The number of aryl methyl sites for hydroxylation is 1. The van der Waals surface area contributed by atoms with Gasteiger partial charge in [-0.25, -0.2) is 4.68 Å². The number of hydrogen-bond donors (Lipinski definition) is 1. The molecule has 0 radical (unpaired) electrons. The maximum atomic E-state index is 11.7. The van der Waals surface area contributed by atoms with Crippen molar-refractivity contribution < 1.29 is 19.1 Å². The molecule has 0 unspecified atom stereocenters. The minimum absolute atomic E-state index is 0.202. The molecular formula is C13H16N4O4. The molecule has 1 fully saturated rings. The zero-order chi connectivity index (χ0) is 14.9. The van der Waals surface area contributed by atoms with E-state index in [9.17, 15) is 9.90 Å². The molecule has 1 N–H and O–H groups in total. The molecule has 1 aliphatic rings. The first-order chi connectivity index (χ1) is 10.1. The molecule has 8 nitrogen and oxygen atoms in total. The normalized spacial score (nSPS) is 17.8. The predicted octanol–water partition coefficient (Wildman–Crippen LogP) is 1.12. The molecule has 0 bridgehead atoms. The van der Waals surface area contributed by atoms with Gasteiger partial charge >= 0.3 is 5.97 Å². The van der Waals surface area contributed by atoms with Crippen molar-refractivity contribution in [1.29, 1.82) is 0 Å². The Morgan fingerprint density at radius 2 is 2.19 bits per heavy atom. The van der Waals surface area contributed by atoms with Crippen LogP contribution in [0.5, 0.6) is 0 Å². The average Bonchev–Trinajstić information content (AvgIpc) is 3.08. The van der Waals surface area contributed by atoms with Gasteiger partial charge in [-0.15, -0.1) is 5.10 Å². The van der Waals surface area contributed by atoms with Crippen LogP contribution in [-0.4, -0.2) is 44.5 Å². The first-order valence-electron chi connectivity index (χ1n) is 6.75. The van der Waals surface area contributed by atoms with Crippen LogP contribution in [0, 0.1) is 12.3 Å². The van der Waals surface area contributed by atoms with Crippen molar-refractivity contribution in [3.63, 3.8) is 0 Å². The lowest BCUT2D eigenvalue weighted by Gasteiger charge is -2.32. The largest absolute Gasteiger partial charge is 0.481 e. The quantitative estimate of drug-likeness (QED) is 0.900. The highest BCUT2D eigenvalue weighted by molar-refractivity contribution is 5.74. The fraction of sp³-hybridized carbons (Fsp3) is 0.538. The lowest BCUT2D eigenvalue weighted by molar-refractivity contribution is -0.156. The second-order valence-electron chi connectivity index (χ2n) is 5.27. The van der Waals surface area contributed by atoms with Crippen LogP contribution < -0.4 is 0 Å². The molecule has 3 heterocycles. The summed E-state index contributed by atoms with van der Waals surface area (Å²) in [5.74, 6) is 0.877. The predicted molar refractivity (Wildman–Crippen MR) is 70.4 cm³/mol. The molecule has 0 aliphatic carbocycles. The summed E-state index contributed by atoms with van der Waals surface area (Å²) in [7, 11) is 0. The summed E-state index contributed by atoms with van der Waals surface area (Å²) < 4.78 is 12.3. The zero-order valence-electron chi connectivity index (χ0n) is 11.7. The highest BCUT2D eigenvalue weighted by Gasteiger charge is 2.41. The van der Waals surface area contributed by atoms with E-state index in [0.29, 0.717) is 37.6 Å². The van der Waals surface area contributed by atoms with E-state index in [1.807, 2.05) is 13.0 Å². The Bertz CT molecular complexity index is 642. The second kappa shape index (κ2) is 5.28. The second-order valence-corrected chi connectivity index (χ2v) is 5.27. The van der Waals surface area contributed by atoms with Gasteiger partial charge in [0.25, 0.3) is 0 Å². The van der Waals surface area contributed by atoms with Crippen LogP contribution in [0.3, 0.4) is 0 Å². The highest BCUT2D eigenvalue weighted by atomic mass is 16.5. The Morgan fingerprint density at radius 1 is 1.43 bits per heavy atom. The number of tetrazole rings is 1. The summed E-state index contributed by atoms with van der Waals surface area (Å²) in [5, 5.41) is 21.1. The molecule has 2 aromatic rings. The molecule has 3 rings (SSSR count). The maximum Gasteiger partial charge on any atom is 0.311 e. The van der Waals surface area contributed by atoms with E-state index in [1.54, 1.807) is 6.07 Å². The lowest BCUT2D eigenvalue weighted by Crippen LogP contribution is -2.41. The van der Waals surface area contributed by atoms with Crippen molar-refractivity contribution in [2.75, 3.05) is 13.2 Å². The third-order valence-corrected chi connectivity index (χ3v) is 3.85. The third-order valence-electron chi connectivity index (χ3n) is 3.85. The Kier molecular flexibility index (Phi) is 3.46. The van der Waals surface area contributed by atoms with Gasteiger partial charge in [0.05, 0.1) is 12.0 Å². The summed E-state index contributed by atoms with van der Waals surface area (Å²) in [5.41, 5.74) is -0.899. The molecule has 112 valence electrons. The summed E-state index contributed by atoms with van der Waals surface area (Å²) in [6.07, 6.45) is 0.887. The van der Waals surface area contributed by atoms with Gasteiger partial charge in [0.1, 0.15) is 5.76 Å². The van der Waals surface area contributed by atoms with E-state index in [2.05, 4.69) is 15.5 Å². The van der Waals surface area contributed by atoms with Gasteiger partial charge in [0.15, 0.2) is 5.76 Å². The van der Waals surface area contributed by atoms with Crippen molar-refractivity contribution in [2.24, 2.45) is 5.41 Å². The number of aromatic nitrogens is 4. The van der Waals surface area contributed by atoms with Crippen LogP contribution in [-0.2, 0) is 16.1 Å². The van der Waals surface area contributed by atoms with Gasteiger partial charge in [-0.2, -0.15) is 0 Å². The topological polar surface area (TPSA) is 103 Å². The van der Waals surface area contributed by atoms with E-state index >= 15 is 0 Å². The Balaban J connectivity index is 1.91. The number of carbonyl (C=O) groups is 1. The smallest absolute Gasteiger partial charge is 0.311 e. The average molecular weight is 292 g/mol. The molecule has 2 aromatic heterocycles. The fourth-order valence-corrected chi connectivity index (χ4v) is 2.53. The lowest BCUT2D eigenvalue weighted by atomic mass is 9.80. The fourth-order valence-electron chi connectivity index (χ4n) is 2.53. The monoisotopic (exact) mass is 292 g/mol. The molecule has 0 saturated carbocycles. The number of aliphatic carboxylic acids is 1. The van der Waals surface area contributed by atoms with E-state index in [0.717, 1.165) is 5.76 Å². The van der Waals surface area contributed by atoms with Crippen molar-refractivity contribution in [3.8, 4) is 11.6 Å². The number of ether oxygens (including phenoxy) is 1. The summed E-state index contributed by atoms with van der Waals surface area (Å²) in [6, 6.07) is 3.59. The van der Waals surface area contributed by atoms with Crippen molar-refractivity contribution in [1.82, 2.24) is 20.2 Å². The number of carboxylic acid groups (broad SMARTS) is 1. The summed E-state index contributed by atoms with van der Waals surface area (Å²) in [6.45, 7) is 2.90. The number of furan rings is 1. The van der Waals surface area contributed by atoms with Crippen LogP contribution >= 0.6 is 0 Å². The standard InChI is InChI=1S/C13H16N4O4/c1-9-2-3-10(21-9)11-14-15-16-17(11)8-13(12(18)19)4-6-20-7-5-13/h2-3H,4-8H2,1H3,(H,18,19). The van der Waals surface area contributed by atoms with Crippen LogP contribution in [0.4, 0.5) is 0 Å². The van der Waals surface area contributed by atoms with E-state index in [4.69, 9.17) is 9.15 Å². The number of carboxylic acids is 1. The van der Waals surface area contributed by atoms with Crippen molar-refractivity contribution in [3.05, 3.63) is 17.9 Å². The molecule has 0 atom stereocenters. The van der Waals surface area contributed by atoms with Crippen molar-refractivity contribution in [2.45, 2.75) is 26.3 Å². The molecule has 0 amide bonds. The first kappa shape index (κ1) is 13.7. The third kappa shape index (κ3) is 2.54. The Hall–Kier alpha value is -2.22. The Labute approximate surface area is 120 Å². The highest BCUT2D eigenvalue weighted by Crippen LogP contribution is 2.33. The van der Waals surface area contributed by atoms with E-state index in [-0.39, 0.29) is 6.54 Å². The minimum atomic E-state index is -0.899. The van der Waals surface area contributed by atoms with Gasteiger partial charge in [0.2, 0.25) is 5.82 Å². The SMILES string of the molecule is Cc1ccc(-c2nnnn2CC2(C(=O)O)CCOCC2)o1. The molecule has 0 aromatic carbocycles. The van der Waals surface area contributed by atoms with Gasteiger partial charge in [-0.05, 0) is 42.3 Å². The van der Waals surface area contributed by atoms with Gasteiger partial charge in [-0.3, -0.25) is 4.79 Å². The summed E-state index contributed by atoms with van der Waals surface area (Å²) in [4.78, 5) is 11.7. The molecule has 1 saturated heterocycles. The van der Waals surface area contributed by atoms with E-state index < -0.39 is 11.4 Å². The first-order valence-corrected chi connectivity index (χ1v) is 6.75. The van der Waals surface area contributed by atoms with Crippen molar-refractivity contribution >= 4 is 5.97 Å². The van der Waals surface area contributed by atoms with Crippen LogP contribution in [0.15, 0.2) is 16.5 Å². The maximum absolute atomic E-state index is 11.7. The minimum Gasteiger partial charge on any atom is -0.481 e. The van der Waals surface area contributed by atoms with Crippen LogP contribution in [0.25, 0.3) is 11.6 Å². The van der Waals surface area contributed by atoms with Crippen LogP contribution in [0.2, 0.25) is 0 Å². The van der Waals surface area contributed by atoms with Gasteiger partial charge < -0.3 is 14.3 Å². The molecule has 1 aliphatic heterocycles. The van der Waals surface area contributed by atoms with Gasteiger partial charge in [0, 0.05) is 13.2 Å². The van der Waals surface area contributed by atoms with Gasteiger partial charge in [-0.1, -0.05) is 0 Å². The molecule has 8 heteroatoms.